The molecule has 1 aromatic carbocycles. The Kier molecular flexibility index (Phi) is 3.97. The van der Waals surface area contributed by atoms with Crippen LogP contribution in [0.5, 0.6) is 0 Å². The van der Waals surface area contributed by atoms with Gasteiger partial charge in [-0.2, -0.15) is 11.3 Å². The third-order valence-corrected chi connectivity index (χ3v) is 4.26. The molecular formula is C13H13BrFNS. The number of halogens is 2. The summed E-state index contributed by atoms with van der Waals surface area (Å²) in [5, 5.41) is 7.53. The van der Waals surface area contributed by atoms with E-state index in [4.69, 9.17) is 0 Å². The van der Waals surface area contributed by atoms with Crippen LogP contribution >= 0.6 is 27.3 Å². The molecule has 0 aliphatic rings. The van der Waals surface area contributed by atoms with Gasteiger partial charge >= 0.3 is 0 Å². The number of nitrogens with one attached hydrogen (secondary N) is 1. The van der Waals surface area contributed by atoms with Gasteiger partial charge in [-0.15, -0.1) is 0 Å². The molecule has 0 spiro atoms. The summed E-state index contributed by atoms with van der Waals surface area (Å²) in [6, 6.07) is 5.25. The molecule has 0 saturated carbocycles. The van der Waals surface area contributed by atoms with E-state index in [1.54, 1.807) is 11.3 Å². The molecule has 0 aliphatic carbocycles. The van der Waals surface area contributed by atoms with Gasteiger partial charge < -0.3 is 5.32 Å². The van der Waals surface area contributed by atoms with Crippen molar-refractivity contribution < 1.29 is 4.39 Å². The second-order valence-corrected chi connectivity index (χ2v) is 5.50. The molecule has 0 fully saturated rings. The predicted molar refractivity (Wildman–Crippen MR) is 74.1 cm³/mol. The molecule has 0 aliphatic heterocycles. The lowest BCUT2D eigenvalue weighted by molar-refractivity contribution is 0.616. The quantitative estimate of drug-likeness (QED) is 0.892. The Balaban J connectivity index is 2.42. The van der Waals surface area contributed by atoms with Crippen molar-refractivity contribution in [1.29, 1.82) is 0 Å². The van der Waals surface area contributed by atoms with E-state index in [9.17, 15) is 4.39 Å². The zero-order chi connectivity index (χ0) is 12.4. The molecule has 0 bridgehead atoms. The fraction of sp³-hybridized carbons (Fsp3) is 0.231. The maximum atomic E-state index is 13.2. The van der Waals surface area contributed by atoms with Gasteiger partial charge in [-0.25, -0.2) is 4.39 Å². The Labute approximate surface area is 113 Å². The Morgan fingerprint density at radius 1 is 1.35 bits per heavy atom. The van der Waals surface area contributed by atoms with Gasteiger partial charge in [0.2, 0.25) is 0 Å². The van der Waals surface area contributed by atoms with Gasteiger partial charge in [0.05, 0.1) is 10.5 Å². The third kappa shape index (κ3) is 2.59. The minimum Gasteiger partial charge on any atom is -0.309 e. The van der Waals surface area contributed by atoms with Crippen molar-refractivity contribution in [2.45, 2.75) is 13.0 Å². The second-order valence-electron chi connectivity index (χ2n) is 3.91. The molecule has 1 nitrogen and oxygen atoms in total. The van der Waals surface area contributed by atoms with Gasteiger partial charge in [0.15, 0.2) is 0 Å². The van der Waals surface area contributed by atoms with E-state index in [0.717, 1.165) is 5.56 Å². The van der Waals surface area contributed by atoms with Crippen LogP contribution in [0.1, 0.15) is 22.7 Å². The summed E-state index contributed by atoms with van der Waals surface area (Å²) in [4.78, 5) is 0. The Bertz CT molecular complexity index is 524. The number of thiophene rings is 1. The molecule has 4 heteroatoms. The van der Waals surface area contributed by atoms with E-state index in [1.165, 1.54) is 17.2 Å². The largest absolute Gasteiger partial charge is 0.309 e. The first kappa shape index (κ1) is 12.7. The monoisotopic (exact) mass is 313 g/mol. The van der Waals surface area contributed by atoms with E-state index in [0.29, 0.717) is 4.47 Å². The van der Waals surface area contributed by atoms with Crippen LogP contribution in [0.2, 0.25) is 0 Å². The average Bonchev–Trinajstić information content (AvgIpc) is 2.71. The van der Waals surface area contributed by atoms with Gasteiger partial charge in [0, 0.05) is 0 Å². The number of aryl methyl sites for hydroxylation is 1. The molecule has 0 amide bonds. The van der Waals surface area contributed by atoms with Crippen LogP contribution in [-0.2, 0) is 0 Å². The first-order valence-electron chi connectivity index (χ1n) is 5.28. The predicted octanol–water partition coefficient (Wildman–Crippen LogP) is 4.27. The van der Waals surface area contributed by atoms with Crippen molar-refractivity contribution in [2.75, 3.05) is 7.05 Å². The van der Waals surface area contributed by atoms with E-state index in [-0.39, 0.29) is 11.9 Å². The van der Waals surface area contributed by atoms with Crippen molar-refractivity contribution in [3.8, 4) is 0 Å². The van der Waals surface area contributed by atoms with Crippen molar-refractivity contribution in [2.24, 2.45) is 0 Å². The van der Waals surface area contributed by atoms with Gasteiger partial charge in [-0.05, 0) is 69.5 Å². The van der Waals surface area contributed by atoms with Crippen LogP contribution in [0, 0.1) is 12.7 Å². The van der Waals surface area contributed by atoms with Crippen LogP contribution in [-0.4, -0.2) is 7.05 Å². The van der Waals surface area contributed by atoms with Gasteiger partial charge in [-0.1, -0.05) is 6.07 Å². The van der Waals surface area contributed by atoms with Gasteiger partial charge in [0.25, 0.3) is 0 Å². The first-order valence-corrected chi connectivity index (χ1v) is 7.02. The first-order chi connectivity index (χ1) is 8.13. The van der Waals surface area contributed by atoms with Crippen LogP contribution in [0.4, 0.5) is 4.39 Å². The molecule has 1 heterocycles. The molecule has 1 unspecified atom stereocenters. The fourth-order valence-electron chi connectivity index (χ4n) is 1.86. The lowest BCUT2D eigenvalue weighted by Crippen LogP contribution is -2.17. The molecule has 1 N–H and O–H groups in total. The van der Waals surface area contributed by atoms with Crippen molar-refractivity contribution >= 4 is 27.3 Å². The molecular weight excluding hydrogens is 301 g/mol. The maximum Gasteiger partial charge on any atom is 0.137 e. The van der Waals surface area contributed by atoms with E-state index in [2.05, 4.69) is 38.9 Å². The summed E-state index contributed by atoms with van der Waals surface area (Å²) in [5.74, 6) is -0.231. The summed E-state index contributed by atoms with van der Waals surface area (Å²) in [6.07, 6.45) is 0. The highest BCUT2D eigenvalue weighted by Crippen LogP contribution is 2.29. The fourth-order valence-corrected chi connectivity index (χ4v) is 3.13. The van der Waals surface area contributed by atoms with Crippen LogP contribution in [0.3, 0.4) is 0 Å². The SMILES string of the molecule is CNC(c1ccc(F)c(Br)c1)c1cscc1C. The zero-order valence-electron chi connectivity index (χ0n) is 9.63. The molecule has 90 valence electrons. The normalized spacial score (nSPS) is 12.7. The minimum absolute atomic E-state index is 0.109. The molecule has 0 saturated heterocycles. The summed E-state index contributed by atoms with van der Waals surface area (Å²) in [7, 11) is 1.92. The summed E-state index contributed by atoms with van der Waals surface area (Å²) < 4.78 is 13.7. The summed E-state index contributed by atoms with van der Waals surface area (Å²) >= 11 is 4.91. The third-order valence-electron chi connectivity index (χ3n) is 2.77. The zero-order valence-corrected chi connectivity index (χ0v) is 12.0. The van der Waals surface area contributed by atoms with Crippen LogP contribution in [0.25, 0.3) is 0 Å². The molecule has 1 aromatic heterocycles. The van der Waals surface area contributed by atoms with E-state index < -0.39 is 0 Å². The van der Waals surface area contributed by atoms with Crippen molar-refractivity contribution in [3.63, 3.8) is 0 Å². The van der Waals surface area contributed by atoms with Crippen LogP contribution < -0.4 is 5.32 Å². The number of rotatable bonds is 3. The molecule has 17 heavy (non-hydrogen) atoms. The Hall–Kier alpha value is -0.710. The smallest absolute Gasteiger partial charge is 0.137 e. The van der Waals surface area contributed by atoms with E-state index in [1.807, 2.05) is 19.2 Å². The lowest BCUT2D eigenvalue weighted by Gasteiger charge is -2.17. The topological polar surface area (TPSA) is 12.0 Å². The molecule has 2 aromatic rings. The van der Waals surface area contributed by atoms with E-state index >= 15 is 0 Å². The molecule has 2 rings (SSSR count). The highest BCUT2D eigenvalue weighted by molar-refractivity contribution is 9.10. The van der Waals surface area contributed by atoms with Crippen LogP contribution in [0.15, 0.2) is 33.4 Å². The average molecular weight is 314 g/mol. The molecule has 0 radical (unpaired) electrons. The summed E-state index contributed by atoms with van der Waals surface area (Å²) in [6.45, 7) is 2.09. The molecule has 1 atom stereocenters. The Morgan fingerprint density at radius 3 is 2.65 bits per heavy atom. The minimum atomic E-state index is -0.231. The lowest BCUT2D eigenvalue weighted by atomic mass is 9.99. The second kappa shape index (κ2) is 5.29. The highest BCUT2D eigenvalue weighted by atomic mass is 79.9. The summed E-state index contributed by atoms with van der Waals surface area (Å²) in [5.41, 5.74) is 3.56. The standard InChI is InChI=1S/C13H13BrFNS/c1-8-6-17-7-10(8)13(16-2)9-3-4-12(15)11(14)5-9/h3-7,13,16H,1-2H3. The van der Waals surface area contributed by atoms with Gasteiger partial charge in [0.1, 0.15) is 5.82 Å². The van der Waals surface area contributed by atoms with Gasteiger partial charge in [-0.3, -0.25) is 0 Å². The number of benzene rings is 1. The van der Waals surface area contributed by atoms with Crippen molar-refractivity contribution in [1.82, 2.24) is 5.32 Å². The number of hydrogen-bond donors (Lipinski definition) is 1. The Morgan fingerprint density at radius 2 is 2.12 bits per heavy atom. The van der Waals surface area contributed by atoms with Crippen molar-refractivity contribution in [3.05, 3.63) is 55.9 Å². The number of hydrogen-bond acceptors (Lipinski definition) is 2. The maximum absolute atomic E-state index is 13.2. The highest BCUT2D eigenvalue weighted by Gasteiger charge is 2.15.